The molecule has 0 aliphatic carbocycles. The quantitative estimate of drug-likeness (QED) is 0.209. The molecule has 2 nitrogen and oxygen atoms in total. The van der Waals surface area contributed by atoms with Gasteiger partial charge in [0.25, 0.3) is 0 Å². The minimum absolute atomic E-state index is 0.140. The Balaban J connectivity index is 1.97. The summed E-state index contributed by atoms with van der Waals surface area (Å²) < 4.78 is 0. The van der Waals surface area contributed by atoms with Crippen LogP contribution in [-0.2, 0) is 4.79 Å². The van der Waals surface area contributed by atoms with Crippen molar-refractivity contribution in [1.82, 2.24) is 5.32 Å². The second kappa shape index (κ2) is 18.2. The fourth-order valence-electron chi connectivity index (χ4n) is 3.47. The zero-order chi connectivity index (χ0) is 21.0. The maximum absolute atomic E-state index is 12.2. The Hall–Kier alpha value is -1.83. The Bertz CT molecular complexity index is 561. The van der Waals surface area contributed by atoms with Crippen LogP contribution in [0.1, 0.15) is 109 Å². The van der Waals surface area contributed by atoms with Gasteiger partial charge in [0.2, 0.25) is 5.91 Å². The third-order valence-corrected chi connectivity index (χ3v) is 5.30. The van der Waals surface area contributed by atoms with Crippen LogP contribution in [0.15, 0.2) is 54.6 Å². The Kier molecular flexibility index (Phi) is 15.8. The first-order valence-corrected chi connectivity index (χ1v) is 11.9. The molecule has 0 radical (unpaired) electrons. The molecule has 2 heteroatoms. The van der Waals surface area contributed by atoms with E-state index in [9.17, 15) is 4.79 Å². The second-order valence-electron chi connectivity index (χ2n) is 7.92. The van der Waals surface area contributed by atoms with Crippen LogP contribution in [0.5, 0.6) is 0 Å². The van der Waals surface area contributed by atoms with Gasteiger partial charge in [-0.3, -0.25) is 4.79 Å². The number of rotatable bonds is 17. The monoisotopic (exact) mass is 397 g/mol. The fourth-order valence-corrected chi connectivity index (χ4v) is 3.47. The second-order valence-corrected chi connectivity index (χ2v) is 7.92. The third-order valence-electron chi connectivity index (χ3n) is 5.30. The molecule has 162 valence electrons. The molecule has 1 rings (SSSR count). The summed E-state index contributed by atoms with van der Waals surface area (Å²) in [4.78, 5) is 12.2. The normalized spacial score (nSPS) is 12.6. The minimum atomic E-state index is 0.140. The summed E-state index contributed by atoms with van der Waals surface area (Å²) in [6.07, 6.45) is 24.1. The summed E-state index contributed by atoms with van der Waals surface area (Å²) in [5.74, 6) is 0.186. The Morgan fingerprint density at radius 2 is 1.45 bits per heavy atom. The predicted octanol–water partition coefficient (Wildman–Crippen LogP) is 8.07. The van der Waals surface area contributed by atoms with Gasteiger partial charge in [0, 0.05) is 6.42 Å². The van der Waals surface area contributed by atoms with E-state index in [0.29, 0.717) is 6.42 Å². The van der Waals surface area contributed by atoms with Crippen LogP contribution >= 0.6 is 0 Å². The first kappa shape index (κ1) is 25.2. The van der Waals surface area contributed by atoms with E-state index < -0.39 is 0 Å². The zero-order valence-corrected chi connectivity index (χ0v) is 18.9. The fraction of sp³-hybridized carbons (Fsp3) is 0.593. The van der Waals surface area contributed by atoms with Crippen LogP contribution in [0.25, 0.3) is 0 Å². The summed E-state index contributed by atoms with van der Waals surface area (Å²) in [6, 6.07) is 10.4. The van der Waals surface area contributed by atoms with Gasteiger partial charge in [-0.15, -0.1) is 0 Å². The lowest BCUT2D eigenvalue weighted by Crippen LogP contribution is -2.27. The van der Waals surface area contributed by atoms with Crippen molar-refractivity contribution in [2.45, 2.75) is 103 Å². The number of nitrogens with one attached hydrogen (secondary N) is 1. The van der Waals surface area contributed by atoms with Crippen molar-refractivity contribution >= 4 is 5.91 Å². The number of hydrogen-bond acceptors (Lipinski definition) is 1. The van der Waals surface area contributed by atoms with E-state index >= 15 is 0 Å². The highest BCUT2D eigenvalue weighted by atomic mass is 16.1. The lowest BCUT2D eigenvalue weighted by atomic mass is 10.0. The Morgan fingerprint density at radius 1 is 0.828 bits per heavy atom. The van der Waals surface area contributed by atoms with Gasteiger partial charge in [-0.05, 0) is 50.5 Å². The maximum atomic E-state index is 12.2. The molecule has 1 amide bonds. The van der Waals surface area contributed by atoms with E-state index in [1.54, 1.807) is 0 Å². The molecule has 0 saturated carbocycles. The van der Waals surface area contributed by atoms with Crippen LogP contribution in [0.3, 0.4) is 0 Å². The largest absolute Gasteiger partial charge is 0.349 e. The van der Waals surface area contributed by atoms with Crippen molar-refractivity contribution in [3.05, 3.63) is 60.2 Å². The van der Waals surface area contributed by atoms with E-state index in [-0.39, 0.29) is 11.9 Å². The summed E-state index contributed by atoms with van der Waals surface area (Å²) in [7, 11) is 0. The molecule has 0 fully saturated rings. The van der Waals surface area contributed by atoms with Crippen molar-refractivity contribution in [2.24, 2.45) is 0 Å². The molecule has 29 heavy (non-hydrogen) atoms. The first-order valence-electron chi connectivity index (χ1n) is 11.9. The summed E-state index contributed by atoms with van der Waals surface area (Å²) in [5.41, 5.74) is 1.20. The molecule has 0 spiro atoms. The average molecular weight is 398 g/mol. The minimum Gasteiger partial charge on any atom is -0.349 e. The molecule has 0 heterocycles. The Labute approximate surface area is 179 Å². The van der Waals surface area contributed by atoms with E-state index in [4.69, 9.17) is 0 Å². The van der Waals surface area contributed by atoms with Crippen LogP contribution in [-0.4, -0.2) is 5.91 Å². The summed E-state index contributed by atoms with van der Waals surface area (Å²) >= 11 is 0. The van der Waals surface area contributed by atoms with Crippen LogP contribution in [0.2, 0.25) is 0 Å². The molecule has 1 N–H and O–H groups in total. The number of benzene rings is 1. The highest BCUT2D eigenvalue weighted by Crippen LogP contribution is 2.16. The molecule has 0 saturated heterocycles. The average Bonchev–Trinajstić information content (AvgIpc) is 2.75. The van der Waals surface area contributed by atoms with Gasteiger partial charge in [0.15, 0.2) is 0 Å². The Morgan fingerprint density at radius 3 is 2.10 bits per heavy atom. The molecule has 0 aromatic heterocycles. The van der Waals surface area contributed by atoms with Gasteiger partial charge in [0.05, 0.1) is 6.04 Å². The van der Waals surface area contributed by atoms with E-state index in [1.807, 2.05) is 18.2 Å². The zero-order valence-electron chi connectivity index (χ0n) is 18.9. The number of amides is 1. The smallest absolute Gasteiger partial charge is 0.220 e. The van der Waals surface area contributed by atoms with Crippen LogP contribution < -0.4 is 5.32 Å². The number of carbonyl (C=O) groups excluding carboxylic acids is 1. The van der Waals surface area contributed by atoms with Crippen LogP contribution in [0.4, 0.5) is 0 Å². The molecule has 1 unspecified atom stereocenters. The molecular formula is C27H43NO. The SMILES string of the molecule is CCCCCC=CCC=CCCCCCCCC(=O)NC(CC)c1ccccc1. The topological polar surface area (TPSA) is 29.1 Å². The van der Waals surface area contributed by atoms with Gasteiger partial charge in [-0.2, -0.15) is 0 Å². The van der Waals surface area contributed by atoms with Gasteiger partial charge in [-0.25, -0.2) is 0 Å². The first-order chi connectivity index (χ1) is 14.3. The van der Waals surface area contributed by atoms with Crippen molar-refractivity contribution in [3.8, 4) is 0 Å². The van der Waals surface area contributed by atoms with Crippen LogP contribution in [0, 0.1) is 0 Å². The maximum Gasteiger partial charge on any atom is 0.220 e. The van der Waals surface area contributed by atoms with Crippen molar-refractivity contribution in [2.75, 3.05) is 0 Å². The third kappa shape index (κ3) is 13.9. The lowest BCUT2D eigenvalue weighted by molar-refractivity contribution is -0.122. The van der Waals surface area contributed by atoms with Gasteiger partial charge >= 0.3 is 0 Å². The van der Waals surface area contributed by atoms with E-state index in [2.05, 4.69) is 55.6 Å². The molecule has 0 aliphatic rings. The van der Waals surface area contributed by atoms with Crippen molar-refractivity contribution in [3.63, 3.8) is 0 Å². The van der Waals surface area contributed by atoms with E-state index in [1.165, 1.54) is 56.9 Å². The predicted molar refractivity (Wildman–Crippen MR) is 127 cm³/mol. The molecule has 1 atom stereocenters. The lowest BCUT2D eigenvalue weighted by Gasteiger charge is -2.17. The highest BCUT2D eigenvalue weighted by Gasteiger charge is 2.11. The molecule has 0 bridgehead atoms. The van der Waals surface area contributed by atoms with E-state index in [0.717, 1.165) is 25.7 Å². The van der Waals surface area contributed by atoms with Crippen molar-refractivity contribution in [1.29, 1.82) is 0 Å². The summed E-state index contributed by atoms with van der Waals surface area (Å²) in [5, 5.41) is 3.18. The molecular weight excluding hydrogens is 354 g/mol. The molecule has 0 aliphatic heterocycles. The van der Waals surface area contributed by atoms with Crippen molar-refractivity contribution < 1.29 is 4.79 Å². The standard InChI is InChI=1S/C27H43NO/c1-3-5-6-7-8-9-10-11-12-13-14-15-16-17-21-24-27(29)28-26(4-2)25-22-19-18-20-23-25/h8-9,11-12,18-20,22-23,26H,3-7,10,13-17,21,24H2,1-2H3,(H,28,29). The number of allylic oxidation sites excluding steroid dienone is 4. The number of hydrogen-bond donors (Lipinski definition) is 1. The van der Waals surface area contributed by atoms with Gasteiger partial charge in [0.1, 0.15) is 0 Å². The number of unbranched alkanes of at least 4 members (excludes halogenated alkanes) is 8. The molecule has 1 aromatic rings. The number of carbonyl (C=O) groups is 1. The summed E-state index contributed by atoms with van der Waals surface area (Å²) in [6.45, 7) is 4.37. The molecule has 1 aromatic carbocycles. The van der Waals surface area contributed by atoms with Gasteiger partial charge in [-0.1, -0.05) is 101 Å². The highest BCUT2D eigenvalue weighted by molar-refractivity contribution is 5.76. The van der Waals surface area contributed by atoms with Gasteiger partial charge < -0.3 is 5.32 Å².